The molecule has 0 aliphatic carbocycles. The second kappa shape index (κ2) is 10.2. The van der Waals surface area contributed by atoms with E-state index >= 15 is 0 Å². The minimum Gasteiger partial charge on any atom is -0.381 e. The highest BCUT2D eigenvalue weighted by Crippen LogP contribution is 2.38. The fraction of sp³-hybridized carbons (Fsp3) is 0.320. The molecule has 0 spiro atoms. The van der Waals surface area contributed by atoms with E-state index in [0.717, 1.165) is 28.8 Å². The number of hydrogen-bond donors (Lipinski definition) is 2. The first-order valence-corrected chi connectivity index (χ1v) is 10.7. The number of amides is 1. The normalized spacial score (nSPS) is 16.7. The van der Waals surface area contributed by atoms with Gasteiger partial charge in [0, 0.05) is 25.1 Å². The number of rotatable bonds is 5. The number of ether oxygens (including phenoxy) is 1. The molecular formula is C25H27F3N4O2. The van der Waals surface area contributed by atoms with Crippen LogP contribution in [0, 0.1) is 6.92 Å². The molecule has 3 N–H and O–H groups in total. The number of nitrogens with zero attached hydrogens (tertiary/aromatic N) is 2. The van der Waals surface area contributed by atoms with E-state index in [1.807, 2.05) is 31.2 Å². The van der Waals surface area contributed by atoms with E-state index in [2.05, 4.69) is 22.0 Å². The molecule has 0 radical (unpaired) electrons. The molecule has 6 nitrogen and oxygen atoms in total. The summed E-state index contributed by atoms with van der Waals surface area (Å²) in [6.07, 6.45) is -2.10. The molecule has 0 saturated carbocycles. The van der Waals surface area contributed by atoms with Gasteiger partial charge < -0.3 is 15.8 Å². The zero-order valence-corrected chi connectivity index (χ0v) is 19.1. The Labute approximate surface area is 196 Å². The summed E-state index contributed by atoms with van der Waals surface area (Å²) in [5.41, 5.74) is 6.81. The second-order valence-corrected chi connectivity index (χ2v) is 8.27. The van der Waals surface area contributed by atoms with Gasteiger partial charge in [0.05, 0.1) is 11.0 Å². The van der Waals surface area contributed by atoms with Gasteiger partial charge in [0.15, 0.2) is 0 Å². The molecule has 1 heterocycles. The number of anilines is 1. The maximum Gasteiger partial charge on any atom is 0.416 e. The molecule has 2 aromatic rings. The van der Waals surface area contributed by atoms with Crippen LogP contribution in [-0.4, -0.2) is 31.8 Å². The van der Waals surface area contributed by atoms with Crippen molar-refractivity contribution in [2.24, 2.45) is 15.7 Å². The summed E-state index contributed by atoms with van der Waals surface area (Å²) in [6.45, 7) is 7.48. The number of aryl methyl sites for hydroxylation is 1. The van der Waals surface area contributed by atoms with Crippen LogP contribution in [-0.2, 0) is 21.1 Å². The highest BCUT2D eigenvalue weighted by molar-refractivity contribution is 5.99. The molecule has 0 aromatic heterocycles. The lowest BCUT2D eigenvalue weighted by Crippen LogP contribution is -2.44. The predicted octanol–water partition coefficient (Wildman–Crippen LogP) is 5.08. The lowest BCUT2D eigenvalue weighted by atomic mass is 9.73. The third kappa shape index (κ3) is 5.72. The van der Waals surface area contributed by atoms with E-state index in [4.69, 9.17) is 10.5 Å². The average Bonchev–Trinajstić information content (AvgIpc) is 2.81. The van der Waals surface area contributed by atoms with Gasteiger partial charge in [0.1, 0.15) is 0 Å². The SMILES string of the molecule is C=NC(N)=N/C=C(\C)c1ccc(C2(C(=O)Nc3cc(C)cc(C(F)(F)F)c3)CCOCC2)cc1. The van der Waals surface area contributed by atoms with Crippen molar-refractivity contribution in [1.82, 2.24) is 0 Å². The number of nitrogens with two attached hydrogens (primary N) is 1. The molecule has 1 fully saturated rings. The summed E-state index contributed by atoms with van der Waals surface area (Å²) in [4.78, 5) is 21.0. The molecular weight excluding hydrogens is 445 g/mol. The number of carbonyl (C=O) groups excluding carboxylic acids is 1. The molecule has 9 heteroatoms. The van der Waals surface area contributed by atoms with E-state index in [0.29, 0.717) is 31.6 Å². The van der Waals surface area contributed by atoms with Crippen LogP contribution in [0.3, 0.4) is 0 Å². The minimum absolute atomic E-state index is 0.0543. The van der Waals surface area contributed by atoms with Gasteiger partial charge >= 0.3 is 6.18 Å². The van der Waals surface area contributed by atoms with Crippen LogP contribution in [0.2, 0.25) is 0 Å². The van der Waals surface area contributed by atoms with E-state index in [-0.39, 0.29) is 17.6 Å². The fourth-order valence-corrected chi connectivity index (χ4v) is 3.97. The molecule has 2 aromatic carbocycles. The maximum absolute atomic E-state index is 13.5. The largest absolute Gasteiger partial charge is 0.416 e. The van der Waals surface area contributed by atoms with Crippen molar-refractivity contribution in [3.63, 3.8) is 0 Å². The monoisotopic (exact) mass is 472 g/mol. The van der Waals surface area contributed by atoms with E-state index in [1.165, 1.54) is 6.07 Å². The Balaban J connectivity index is 1.91. The highest BCUT2D eigenvalue weighted by Gasteiger charge is 2.42. The second-order valence-electron chi connectivity index (χ2n) is 8.27. The van der Waals surface area contributed by atoms with Crippen molar-refractivity contribution in [2.45, 2.75) is 38.3 Å². The number of hydrogen-bond acceptors (Lipinski definition) is 3. The molecule has 1 aliphatic rings. The highest BCUT2D eigenvalue weighted by atomic mass is 19.4. The third-order valence-corrected chi connectivity index (χ3v) is 5.89. The summed E-state index contributed by atoms with van der Waals surface area (Å²) in [5, 5.41) is 2.73. The topological polar surface area (TPSA) is 89.1 Å². The van der Waals surface area contributed by atoms with Crippen molar-refractivity contribution in [1.29, 1.82) is 0 Å². The zero-order valence-electron chi connectivity index (χ0n) is 19.1. The van der Waals surface area contributed by atoms with Crippen LogP contribution >= 0.6 is 0 Å². The molecule has 3 rings (SSSR count). The molecule has 1 amide bonds. The Kier molecular flexibility index (Phi) is 7.56. The van der Waals surface area contributed by atoms with Crippen LogP contribution in [0.1, 0.15) is 42.0 Å². The number of nitrogens with one attached hydrogen (secondary N) is 1. The molecule has 34 heavy (non-hydrogen) atoms. The lowest BCUT2D eigenvalue weighted by Gasteiger charge is -2.36. The van der Waals surface area contributed by atoms with Crippen molar-refractivity contribution in [3.05, 3.63) is 70.9 Å². The van der Waals surface area contributed by atoms with Crippen LogP contribution in [0.25, 0.3) is 5.57 Å². The first-order valence-electron chi connectivity index (χ1n) is 10.7. The van der Waals surface area contributed by atoms with Crippen LogP contribution in [0.15, 0.2) is 58.6 Å². The van der Waals surface area contributed by atoms with Gasteiger partial charge in [-0.15, -0.1) is 0 Å². The summed E-state index contributed by atoms with van der Waals surface area (Å²) in [6, 6.07) is 11.0. The van der Waals surface area contributed by atoms with E-state index in [9.17, 15) is 18.0 Å². The van der Waals surface area contributed by atoms with Crippen molar-refractivity contribution in [3.8, 4) is 0 Å². The van der Waals surface area contributed by atoms with Crippen LogP contribution < -0.4 is 11.1 Å². The van der Waals surface area contributed by atoms with Crippen molar-refractivity contribution < 1.29 is 22.7 Å². The van der Waals surface area contributed by atoms with E-state index < -0.39 is 17.2 Å². The summed E-state index contributed by atoms with van der Waals surface area (Å²) in [7, 11) is 0. The van der Waals surface area contributed by atoms with Crippen LogP contribution in [0.4, 0.5) is 18.9 Å². The van der Waals surface area contributed by atoms with Crippen molar-refractivity contribution >= 4 is 29.8 Å². The standard InChI is InChI=1S/C25H27F3N4O2/c1-16-12-20(25(26,27)28)14-21(13-16)32-22(33)24(8-10-34-11-9-24)19-6-4-18(5-7-19)17(2)15-31-23(29)30-3/h4-7,12-15H,3,8-11H2,1-2H3,(H2,29,31)(H,32,33)/b17-15+. The Bertz CT molecular complexity index is 1120. The van der Waals surface area contributed by atoms with Crippen molar-refractivity contribution in [2.75, 3.05) is 18.5 Å². The number of carbonyl (C=O) groups is 1. The first kappa shape index (κ1) is 25.2. The number of halogens is 3. The number of alkyl halides is 3. The summed E-state index contributed by atoms with van der Waals surface area (Å²) in [5.74, 6) is -0.303. The molecule has 0 unspecified atom stereocenters. The molecule has 0 atom stereocenters. The predicted molar refractivity (Wildman–Crippen MR) is 128 cm³/mol. The molecule has 1 saturated heterocycles. The number of benzene rings is 2. The Morgan fingerprint density at radius 3 is 2.41 bits per heavy atom. The van der Waals surface area contributed by atoms with Gasteiger partial charge in [-0.25, -0.2) is 9.98 Å². The van der Waals surface area contributed by atoms with Gasteiger partial charge in [-0.05, 0) is 73.9 Å². The smallest absolute Gasteiger partial charge is 0.381 e. The Hall–Kier alpha value is -3.46. The quantitative estimate of drug-likeness (QED) is 0.470. The lowest BCUT2D eigenvalue weighted by molar-refractivity contribution is -0.137. The number of guanidine groups is 1. The summed E-state index contributed by atoms with van der Waals surface area (Å²) < 4.78 is 45.2. The van der Waals surface area contributed by atoms with Gasteiger partial charge in [0.25, 0.3) is 0 Å². The van der Waals surface area contributed by atoms with Gasteiger partial charge in [0.2, 0.25) is 11.9 Å². The average molecular weight is 473 g/mol. The fourth-order valence-electron chi connectivity index (χ4n) is 3.97. The molecule has 180 valence electrons. The first-order chi connectivity index (χ1) is 16.0. The minimum atomic E-state index is -4.50. The molecule has 0 bridgehead atoms. The Morgan fingerprint density at radius 2 is 1.82 bits per heavy atom. The number of allylic oxidation sites excluding steroid dienone is 1. The van der Waals surface area contributed by atoms with Gasteiger partial charge in [-0.1, -0.05) is 24.3 Å². The summed E-state index contributed by atoms with van der Waals surface area (Å²) >= 11 is 0. The van der Waals surface area contributed by atoms with E-state index in [1.54, 1.807) is 13.1 Å². The maximum atomic E-state index is 13.5. The van der Waals surface area contributed by atoms with Gasteiger partial charge in [-0.2, -0.15) is 13.2 Å². The van der Waals surface area contributed by atoms with Gasteiger partial charge in [-0.3, -0.25) is 4.79 Å². The zero-order chi connectivity index (χ0) is 24.9. The number of aliphatic imine (C=N–C) groups is 2. The Morgan fingerprint density at radius 1 is 1.18 bits per heavy atom. The molecule has 1 aliphatic heterocycles. The van der Waals surface area contributed by atoms with Crippen LogP contribution in [0.5, 0.6) is 0 Å². The third-order valence-electron chi connectivity index (χ3n) is 5.89.